The maximum absolute atomic E-state index is 6.15. The van der Waals surface area contributed by atoms with Crippen molar-refractivity contribution in [3.05, 3.63) is 35.9 Å². The molecule has 0 bridgehead atoms. The molecule has 0 aliphatic heterocycles. The molecule has 0 heterocycles. The number of ether oxygens (including phenoxy) is 2. The molecule has 0 aliphatic carbocycles. The summed E-state index contributed by atoms with van der Waals surface area (Å²) < 4.78 is 12.0. The predicted octanol–water partition coefficient (Wildman–Crippen LogP) is 6.14. The molecule has 0 fully saturated rings. The molecule has 2 heteroatoms. The van der Waals surface area contributed by atoms with Crippen molar-refractivity contribution in [3.8, 4) is 0 Å². The molecule has 0 amide bonds. The lowest BCUT2D eigenvalue weighted by Gasteiger charge is -2.33. The number of hydrogen-bond acceptors (Lipinski definition) is 2. The first-order chi connectivity index (χ1) is 11.3. The first-order valence-corrected chi connectivity index (χ1v) is 9.49. The van der Waals surface area contributed by atoms with Crippen LogP contribution in [0.2, 0.25) is 0 Å². The molecular weight excluding hydrogens is 284 g/mol. The highest BCUT2D eigenvalue weighted by atomic mass is 16.7. The zero-order valence-corrected chi connectivity index (χ0v) is 15.5. The van der Waals surface area contributed by atoms with Gasteiger partial charge in [0.05, 0.1) is 0 Å². The second-order valence-electron chi connectivity index (χ2n) is 6.50. The molecule has 0 saturated carbocycles. The Balaban J connectivity index is 2.47. The highest BCUT2D eigenvalue weighted by Gasteiger charge is 2.30. The SMILES string of the molecule is CCCCCCCCCC(Cc1ccccc1)(OC)OCCC. The Morgan fingerprint density at radius 2 is 1.48 bits per heavy atom. The molecule has 1 rings (SSSR count). The summed E-state index contributed by atoms with van der Waals surface area (Å²) >= 11 is 0. The summed E-state index contributed by atoms with van der Waals surface area (Å²) in [6, 6.07) is 10.6. The van der Waals surface area contributed by atoms with Crippen molar-refractivity contribution in [2.45, 2.75) is 83.8 Å². The highest BCUT2D eigenvalue weighted by molar-refractivity contribution is 5.16. The second-order valence-corrected chi connectivity index (χ2v) is 6.50. The minimum absolute atomic E-state index is 0.458. The van der Waals surface area contributed by atoms with Crippen molar-refractivity contribution in [1.82, 2.24) is 0 Å². The third-order valence-corrected chi connectivity index (χ3v) is 4.42. The summed E-state index contributed by atoms with van der Waals surface area (Å²) in [5.74, 6) is -0.458. The fourth-order valence-electron chi connectivity index (χ4n) is 2.99. The van der Waals surface area contributed by atoms with E-state index in [0.717, 1.165) is 25.9 Å². The summed E-state index contributed by atoms with van der Waals surface area (Å²) in [6.45, 7) is 5.18. The third kappa shape index (κ3) is 8.53. The van der Waals surface area contributed by atoms with Crippen LogP contribution in [0.4, 0.5) is 0 Å². The van der Waals surface area contributed by atoms with Crippen LogP contribution >= 0.6 is 0 Å². The van der Waals surface area contributed by atoms with Crippen LogP contribution in [0.5, 0.6) is 0 Å². The smallest absolute Gasteiger partial charge is 0.171 e. The summed E-state index contributed by atoms with van der Waals surface area (Å²) in [5.41, 5.74) is 1.29. The molecule has 1 aromatic carbocycles. The summed E-state index contributed by atoms with van der Waals surface area (Å²) in [6.07, 6.45) is 12.0. The van der Waals surface area contributed by atoms with E-state index >= 15 is 0 Å². The highest BCUT2D eigenvalue weighted by Crippen LogP contribution is 2.26. The topological polar surface area (TPSA) is 18.5 Å². The average Bonchev–Trinajstić information content (AvgIpc) is 2.59. The van der Waals surface area contributed by atoms with Gasteiger partial charge in [0.1, 0.15) is 0 Å². The Hall–Kier alpha value is -0.860. The van der Waals surface area contributed by atoms with Gasteiger partial charge in [0.25, 0.3) is 0 Å². The zero-order chi connectivity index (χ0) is 16.8. The van der Waals surface area contributed by atoms with E-state index in [1.165, 1.54) is 50.5 Å². The van der Waals surface area contributed by atoms with Gasteiger partial charge >= 0.3 is 0 Å². The maximum atomic E-state index is 6.15. The lowest BCUT2D eigenvalue weighted by atomic mass is 9.98. The first kappa shape index (κ1) is 20.2. The number of unbranched alkanes of at least 4 members (excludes halogenated alkanes) is 6. The van der Waals surface area contributed by atoms with Crippen LogP contribution in [0.25, 0.3) is 0 Å². The predicted molar refractivity (Wildman–Crippen MR) is 98.7 cm³/mol. The Morgan fingerprint density at radius 3 is 2.09 bits per heavy atom. The van der Waals surface area contributed by atoms with E-state index in [-0.39, 0.29) is 0 Å². The number of methoxy groups -OCH3 is 1. The Morgan fingerprint density at radius 1 is 0.826 bits per heavy atom. The van der Waals surface area contributed by atoms with E-state index in [1.807, 2.05) is 0 Å². The van der Waals surface area contributed by atoms with Crippen LogP contribution in [-0.2, 0) is 15.9 Å². The molecule has 0 aromatic heterocycles. The van der Waals surface area contributed by atoms with Gasteiger partial charge in [-0.15, -0.1) is 0 Å². The largest absolute Gasteiger partial charge is 0.353 e. The minimum atomic E-state index is -0.458. The van der Waals surface area contributed by atoms with Gasteiger partial charge in [-0.1, -0.05) is 82.7 Å². The van der Waals surface area contributed by atoms with Crippen LogP contribution < -0.4 is 0 Å². The van der Waals surface area contributed by atoms with E-state index in [4.69, 9.17) is 9.47 Å². The van der Waals surface area contributed by atoms with Gasteiger partial charge in [0, 0.05) is 26.6 Å². The minimum Gasteiger partial charge on any atom is -0.353 e. The average molecular weight is 321 g/mol. The standard InChI is InChI=1S/C21H36O2/c1-4-6-7-8-9-10-14-17-21(22-3,23-18-5-2)19-20-15-12-11-13-16-20/h11-13,15-16H,4-10,14,17-19H2,1-3H3. The zero-order valence-electron chi connectivity index (χ0n) is 15.5. The Bertz CT molecular complexity index is 377. The van der Waals surface area contributed by atoms with Gasteiger partial charge in [0.2, 0.25) is 0 Å². The van der Waals surface area contributed by atoms with Gasteiger partial charge in [-0.2, -0.15) is 0 Å². The molecule has 132 valence electrons. The number of benzene rings is 1. The van der Waals surface area contributed by atoms with E-state index in [0.29, 0.717) is 0 Å². The molecule has 23 heavy (non-hydrogen) atoms. The van der Waals surface area contributed by atoms with Crippen molar-refractivity contribution in [2.75, 3.05) is 13.7 Å². The summed E-state index contributed by atoms with van der Waals surface area (Å²) in [5, 5.41) is 0. The maximum Gasteiger partial charge on any atom is 0.171 e. The second kappa shape index (κ2) is 12.5. The van der Waals surface area contributed by atoms with Crippen LogP contribution in [0.1, 0.15) is 77.2 Å². The van der Waals surface area contributed by atoms with Crippen LogP contribution in [0, 0.1) is 0 Å². The van der Waals surface area contributed by atoms with Crippen LogP contribution in [-0.4, -0.2) is 19.5 Å². The van der Waals surface area contributed by atoms with Crippen molar-refractivity contribution < 1.29 is 9.47 Å². The van der Waals surface area contributed by atoms with Gasteiger partial charge in [0.15, 0.2) is 5.79 Å². The van der Waals surface area contributed by atoms with E-state index in [2.05, 4.69) is 44.2 Å². The molecule has 1 atom stereocenters. The van der Waals surface area contributed by atoms with E-state index in [1.54, 1.807) is 7.11 Å². The molecular formula is C21H36O2. The Kier molecular flexibility index (Phi) is 11.0. The molecule has 0 spiro atoms. The molecule has 0 saturated heterocycles. The molecule has 2 nitrogen and oxygen atoms in total. The molecule has 0 aliphatic rings. The van der Waals surface area contributed by atoms with Crippen molar-refractivity contribution in [2.24, 2.45) is 0 Å². The number of hydrogen-bond donors (Lipinski definition) is 0. The first-order valence-electron chi connectivity index (χ1n) is 9.49. The normalized spacial score (nSPS) is 13.9. The lowest BCUT2D eigenvalue weighted by molar-refractivity contribution is -0.226. The van der Waals surface area contributed by atoms with Gasteiger partial charge in [-0.25, -0.2) is 0 Å². The Labute approximate surface area is 143 Å². The monoisotopic (exact) mass is 320 g/mol. The molecule has 0 radical (unpaired) electrons. The van der Waals surface area contributed by atoms with E-state index in [9.17, 15) is 0 Å². The number of rotatable bonds is 14. The molecule has 0 N–H and O–H groups in total. The molecule has 1 aromatic rings. The van der Waals surface area contributed by atoms with Crippen molar-refractivity contribution >= 4 is 0 Å². The molecule has 1 unspecified atom stereocenters. The lowest BCUT2D eigenvalue weighted by Crippen LogP contribution is -2.37. The summed E-state index contributed by atoms with van der Waals surface area (Å²) in [4.78, 5) is 0. The van der Waals surface area contributed by atoms with Gasteiger partial charge in [-0.05, 0) is 18.4 Å². The quantitative estimate of drug-likeness (QED) is 0.303. The fraction of sp³-hybridized carbons (Fsp3) is 0.714. The summed E-state index contributed by atoms with van der Waals surface area (Å²) in [7, 11) is 1.79. The van der Waals surface area contributed by atoms with Gasteiger partial charge in [-0.3, -0.25) is 0 Å². The fourth-order valence-corrected chi connectivity index (χ4v) is 2.99. The third-order valence-electron chi connectivity index (χ3n) is 4.42. The van der Waals surface area contributed by atoms with Crippen molar-refractivity contribution in [1.29, 1.82) is 0 Å². The van der Waals surface area contributed by atoms with Crippen LogP contribution in [0.3, 0.4) is 0 Å². The van der Waals surface area contributed by atoms with Crippen molar-refractivity contribution in [3.63, 3.8) is 0 Å². The van der Waals surface area contributed by atoms with Crippen LogP contribution in [0.15, 0.2) is 30.3 Å². The van der Waals surface area contributed by atoms with E-state index < -0.39 is 5.79 Å². The van der Waals surface area contributed by atoms with Gasteiger partial charge < -0.3 is 9.47 Å².